The van der Waals surface area contributed by atoms with E-state index in [0.29, 0.717) is 0 Å². The van der Waals surface area contributed by atoms with Gasteiger partial charge in [0.05, 0.1) is 13.1 Å². The lowest BCUT2D eigenvalue weighted by Crippen LogP contribution is -2.34. The topological polar surface area (TPSA) is 21.2 Å². The van der Waals surface area contributed by atoms with E-state index in [4.69, 9.17) is 0 Å². The first-order chi connectivity index (χ1) is 8.66. The molecule has 2 aromatic heterocycles. The molecular weight excluding hydrogens is 222 g/mol. The Kier molecular flexibility index (Phi) is 2.40. The molecule has 2 heterocycles. The van der Waals surface area contributed by atoms with Crippen molar-refractivity contribution < 1.29 is 4.57 Å². The molecule has 0 N–H and O–H groups in total. The molecule has 90 valence electrons. The van der Waals surface area contributed by atoms with Crippen molar-refractivity contribution in [3.8, 4) is 11.3 Å². The third kappa shape index (κ3) is 1.59. The van der Waals surface area contributed by atoms with Crippen LogP contribution in [0.25, 0.3) is 16.9 Å². The number of aryl methyl sites for hydroxylation is 3. The fourth-order valence-corrected chi connectivity index (χ4v) is 2.26. The molecule has 0 fully saturated rings. The number of aromatic nitrogens is 3. The fraction of sp³-hybridized carbons (Fsp3) is 0.200. The Morgan fingerprint density at radius 1 is 1.06 bits per heavy atom. The molecule has 3 aromatic rings. The van der Waals surface area contributed by atoms with Crippen LogP contribution in [0.4, 0.5) is 0 Å². The van der Waals surface area contributed by atoms with Gasteiger partial charge < -0.3 is 0 Å². The van der Waals surface area contributed by atoms with Crippen LogP contribution in [0.5, 0.6) is 0 Å². The van der Waals surface area contributed by atoms with Crippen molar-refractivity contribution in [1.82, 2.24) is 9.61 Å². The zero-order valence-electron chi connectivity index (χ0n) is 10.9. The summed E-state index contributed by atoms with van der Waals surface area (Å²) in [5.41, 5.74) is 5.67. The molecule has 0 spiro atoms. The minimum Gasteiger partial charge on any atom is -0.232 e. The number of rotatable bonds is 1. The van der Waals surface area contributed by atoms with Gasteiger partial charge >= 0.3 is 5.65 Å². The Morgan fingerprint density at radius 3 is 2.50 bits per heavy atom. The van der Waals surface area contributed by atoms with Crippen LogP contribution in [0.3, 0.4) is 0 Å². The normalized spacial score (nSPS) is 11.1. The first kappa shape index (κ1) is 11.0. The first-order valence-electron chi connectivity index (χ1n) is 6.08. The maximum absolute atomic E-state index is 4.68. The van der Waals surface area contributed by atoms with Gasteiger partial charge in [-0.2, -0.15) is 0 Å². The molecule has 0 amide bonds. The third-order valence-electron chi connectivity index (χ3n) is 3.38. The number of hydrogen-bond donors (Lipinski definition) is 0. The SMILES string of the molecule is Cc1cc(C)[n+](C)c2cc(-c3ccccc3)nn12. The summed E-state index contributed by atoms with van der Waals surface area (Å²) in [7, 11) is 2.07. The van der Waals surface area contributed by atoms with E-state index in [9.17, 15) is 0 Å². The summed E-state index contributed by atoms with van der Waals surface area (Å²) < 4.78 is 4.15. The molecule has 0 saturated carbocycles. The second-order valence-corrected chi connectivity index (χ2v) is 4.65. The summed E-state index contributed by atoms with van der Waals surface area (Å²) in [6.07, 6.45) is 0. The summed E-state index contributed by atoms with van der Waals surface area (Å²) in [6, 6.07) is 14.6. The molecule has 0 atom stereocenters. The van der Waals surface area contributed by atoms with Gasteiger partial charge in [0, 0.05) is 18.6 Å². The highest BCUT2D eigenvalue weighted by atomic mass is 15.3. The van der Waals surface area contributed by atoms with E-state index in [0.717, 1.165) is 22.6 Å². The third-order valence-corrected chi connectivity index (χ3v) is 3.38. The van der Waals surface area contributed by atoms with Crippen molar-refractivity contribution in [3.05, 3.63) is 53.9 Å². The molecule has 1 aromatic carbocycles. The Balaban J connectivity index is 2.29. The zero-order valence-corrected chi connectivity index (χ0v) is 10.9. The van der Waals surface area contributed by atoms with Crippen LogP contribution in [0, 0.1) is 13.8 Å². The minimum absolute atomic E-state index is 1.01. The summed E-state index contributed by atoms with van der Waals surface area (Å²) in [5.74, 6) is 0. The number of benzene rings is 1. The van der Waals surface area contributed by atoms with E-state index in [1.165, 1.54) is 5.69 Å². The Morgan fingerprint density at radius 2 is 1.78 bits per heavy atom. The lowest BCUT2D eigenvalue weighted by molar-refractivity contribution is -0.654. The summed E-state index contributed by atoms with van der Waals surface area (Å²) in [5, 5.41) is 4.68. The van der Waals surface area contributed by atoms with Crippen molar-refractivity contribution in [2.45, 2.75) is 13.8 Å². The Hall–Kier alpha value is -2.16. The van der Waals surface area contributed by atoms with Crippen LogP contribution in [-0.2, 0) is 7.05 Å². The van der Waals surface area contributed by atoms with Crippen LogP contribution >= 0.6 is 0 Å². The predicted molar refractivity (Wildman–Crippen MR) is 71.3 cm³/mol. The largest absolute Gasteiger partial charge is 0.309 e. The molecule has 0 saturated heterocycles. The Labute approximate surface area is 106 Å². The van der Waals surface area contributed by atoms with E-state index in [1.807, 2.05) is 22.7 Å². The maximum atomic E-state index is 4.68. The van der Waals surface area contributed by atoms with Crippen LogP contribution in [-0.4, -0.2) is 9.61 Å². The monoisotopic (exact) mass is 238 g/mol. The van der Waals surface area contributed by atoms with Gasteiger partial charge in [0.1, 0.15) is 17.1 Å². The number of nitrogens with zero attached hydrogens (tertiary/aromatic N) is 3. The molecule has 0 bridgehead atoms. The van der Waals surface area contributed by atoms with Crippen molar-refractivity contribution in [1.29, 1.82) is 0 Å². The molecule has 0 radical (unpaired) electrons. The number of fused-ring (bicyclic) bond motifs is 1. The summed E-state index contributed by atoms with van der Waals surface area (Å²) in [4.78, 5) is 0. The quantitative estimate of drug-likeness (QED) is 0.597. The van der Waals surface area contributed by atoms with Crippen molar-refractivity contribution in [3.63, 3.8) is 0 Å². The Bertz CT molecular complexity index is 711. The molecule has 18 heavy (non-hydrogen) atoms. The highest BCUT2D eigenvalue weighted by Crippen LogP contribution is 2.18. The molecule has 0 aliphatic rings. The van der Waals surface area contributed by atoms with Crippen LogP contribution < -0.4 is 4.57 Å². The minimum atomic E-state index is 1.01. The van der Waals surface area contributed by atoms with Crippen LogP contribution in [0.2, 0.25) is 0 Å². The molecule has 0 unspecified atom stereocenters. The zero-order chi connectivity index (χ0) is 12.7. The van der Waals surface area contributed by atoms with Crippen molar-refractivity contribution in [2.75, 3.05) is 0 Å². The average molecular weight is 238 g/mol. The highest BCUT2D eigenvalue weighted by Gasteiger charge is 2.16. The molecular formula is C15H16N3+. The fourth-order valence-electron chi connectivity index (χ4n) is 2.26. The molecule has 3 rings (SSSR count). The van der Waals surface area contributed by atoms with Crippen LogP contribution in [0.1, 0.15) is 11.4 Å². The van der Waals surface area contributed by atoms with Gasteiger partial charge in [-0.1, -0.05) is 35.4 Å². The molecule has 3 nitrogen and oxygen atoms in total. The van der Waals surface area contributed by atoms with E-state index < -0.39 is 0 Å². The maximum Gasteiger partial charge on any atom is 0.309 e. The van der Waals surface area contributed by atoms with Gasteiger partial charge in [0.25, 0.3) is 0 Å². The first-order valence-corrected chi connectivity index (χ1v) is 6.08. The van der Waals surface area contributed by atoms with E-state index in [1.54, 1.807) is 0 Å². The predicted octanol–water partition coefficient (Wildman–Crippen LogP) is 2.44. The standard InChI is InChI=1S/C15H16N3/c1-11-9-12(2)18-15(17(11)3)10-14(16-18)13-7-5-4-6-8-13/h4-10H,1-3H3/q+1. The smallest absolute Gasteiger partial charge is 0.232 e. The van der Waals surface area contributed by atoms with E-state index >= 15 is 0 Å². The van der Waals surface area contributed by atoms with Gasteiger partial charge in [-0.25, -0.2) is 4.57 Å². The van der Waals surface area contributed by atoms with Gasteiger partial charge in [-0.05, 0) is 6.92 Å². The number of hydrogen-bond acceptors (Lipinski definition) is 1. The van der Waals surface area contributed by atoms with Crippen molar-refractivity contribution in [2.24, 2.45) is 7.05 Å². The summed E-state index contributed by atoms with van der Waals surface area (Å²) >= 11 is 0. The highest BCUT2D eigenvalue weighted by molar-refractivity contribution is 5.62. The van der Waals surface area contributed by atoms with E-state index in [2.05, 4.69) is 54.8 Å². The summed E-state index contributed by atoms with van der Waals surface area (Å²) in [6.45, 7) is 4.20. The second-order valence-electron chi connectivity index (χ2n) is 4.65. The second kappa shape index (κ2) is 3.95. The van der Waals surface area contributed by atoms with Gasteiger partial charge in [-0.3, -0.25) is 0 Å². The van der Waals surface area contributed by atoms with Crippen LogP contribution in [0.15, 0.2) is 42.5 Å². The lowest BCUT2D eigenvalue weighted by Gasteiger charge is -1.99. The van der Waals surface area contributed by atoms with E-state index in [-0.39, 0.29) is 0 Å². The molecule has 0 aliphatic heterocycles. The van der Waals surface area contributed by atoms with Crippen molar-refractivity contribution >= 4 is 5.65 Å². The van der Waals surface area contributed by atoms with Gasteiger partial charge in [0.15, 0.2) is 0 Å². The molecule has 0 aliphatic carbocycles. The molecule has 3 heteroatoms. The average Bonchev–Trinajstić information content (AvgIpc) is 2.83. The van der Waals surface area contributed by atoms with Gasteiger partial charge in [0.2, 0.25) is 0 Å². The van der Waals surface area contributed by atoms with Gasteiger partial charge in [-0.15, -0.1) is 4.52 Å². The lowest BCUT2D eigenvalue weighted by atomic mass is 10.2.